The minimum absolute atomic E-state index is 0.614. The molecule has 48 valence electrons. The lowest BCUT2D eigenvalue weighted by Crippen LogP contribution is -2.24. The van der Waals surface area contributed by atoms with Crippen LogP contribution >= 0.6 is 34.2 Å². The first-order chi connectivity index (χ1) is 4.20. The molecular weight excluding hydrogens is 252 g/mol. The number of nitrogens with zero attached hydrogens (tertiary/aromatic N) is 1. The van der Waals surface area contributed by atoms with Crippen LogP contribution in [0.15, 0.2) is 18.5 Å². The predicted octanol–water partition coefficient (Wildman–Crippen LogP) is 1.58. The first kappa shape index (κ1) is 7.08. The predicted molar refractivity (Wildman–Crippen MR) is 43.1 cm³/mol. The summed E-state index contributed by atoms with van der Waals surface area (Å²) >= 11 is 7.62. The van der Waals surface area contributed by atoms with E-state index in [9.17, 15) is 5.21 Å². The summed E-state index contributed by atoms with van der Waals surface area (Å²) in [5.41, 5.74) is 0. The molecule has 0 aliphatic carbocycles. The fourth-order valence-corrected chi connectivity index (χ4v) is 0.994. The molecule has 1 aromatic rings. The fourth-order valence-electron chi connectivity index (χ4n) is 0.435. The Kier molecular flexibility index (Phi) is 2.13. The van der Waals surface area contributed by atoms with Gasteiger partial charge >= 0.3 is 0 Å². The lowest BCUT2D eigenvalue weighted by molar-refractivity contribution is -0.606. The summed E-state index contributed by atoms with van der Waals surface area (Å²) in [4.78, 5) is 0. The molecule has 1 rings (SSSR count). The summed E-state index contributed by atoms with van der Waals surface area (Å²) in [7, 11) is 0. The summed E-state index contributed by atoms with van der Waals surface area (Å²) < 4.78 is 1.49. The van der Waals surface area contributed by atoms with E-state index in [0.29, 0.717) is 9.75 Å². The second-order valence-corrected chi connectivity index (χ2v) is 3.07. The van der Waals surface area contributed by atoms with E-state index in [1.54, 1.807) is 6.07 Å². The molecule has 0 radical (unpaired) electrons. The van der Waals surface area contributed by atoms with Gasteiger partial charge in [-0.3, -0.25) is 0 Å². The van der Waals surface area contributed by atoms with E-state index in [1.807, 2.05) is 22.6 Å². The third kappa shape index (κ3) is 1.69. The third-order valence-corrected chi connectivity index (χ3v) is 2.34. The van der Waals surface area contributed by atoms with Crippen LogP contribution in [0.1, 0.15) is 0 Å². The molecule has 9 heavy (non-hydrogen) atoms. The van der Waals surface area contributed by atoms with Crippen LogP contribution in [0.3, 0.4) is 0 Å². The monoisotopic (exact) mass is 255 g/mol. The van der Waals surface area contributed by atoms with Crippen LogP contribution in [-0.4, -0.2) is 0 Å². The Morgan fingerprint density at radius 1 is 1.67 bits per heavy atom. The lowest BCUT2D eigenvalue weighted by Gasteiger charge is -1.95. The number of hydrogen-bond acceptors (Lipinski definition) is 1. The number of pyridine rings is 1. The molecule has 0 aliphatic heterocycles. The van der Waals surface area contributed by atoms with Crippen molar-refractivity contribution in [3.63, 3.8) is 0 Å². The van der Waals surface area contributed by atoms with Crippen molar-refractivity contribution in [2.75, 3.05) is 0 Å². The molecule has 0 aliphatic rings. The molecule has 0 fully saturated rings. The number of hydrogen-bond donors (Lipinski definition) is 0. The van der Waals surface area contributed by atoms with Crippen molar-refractivity contribution in [1.29, 1.82) is 0 Å². The van der Waals surface area contributed by atoms with E-state index in [0.717, 1.165) is 3.57 Å². The number of halogens is 2. The van der Waals surface area contributed by atoms with E-state index in [4.69, 9.17) is 11.6 Å². The van der Waals surface area contributed by atoms with Gasteiger partial charge in [0.25, 0.3) is 0 Å². The highest BCUT2D eigenvalue weighted by Crippen LogP contribution is 2.13. The summed E-state index contributed by atoms with van der Waals surface area (Å²) in [5, 5.41) is 11.1. The SMILES string of the molecule is [O-][n+]1ccc(Cl)c(I)c1. The molecule has 1 heterocycles. The molecule has 0 spiro atoms. The van der Waals surface area contributed by atoms with Gasteiger partial charge in [0.2, 0.25) is 0 Å². The summed E-state index contributed by atoms with van der Waals surface area (Å²) in [5.74, 6) is 0. The van der Waals surface area contributed by atoms with Crippen molar-refractivity contribution >= 4 is 34.2 Å². The van der Waals surface area contributed by atoms with Crippen LogP contribution in [0.5, 0.6) is 0 Å². The molecule has 0 amide bonds. The average molecular weight is 255 g/mol. The van der Waals surface area contributed by atoms with Crippen molar-refractivity contribution in [3.8, 4) is 0 Å². The summed E-state index contributed by atoms with van der Waals surface area (Å²) in [6.07, 6.45) is 2.79. The highest BCUT2D eigenvalue weighted by atomic mass is 127. The van der Waals surface area contributed by atoms with Crippen LogP contribution in [-0.2, 0) is 0 Å². The second-order valence-electron chi connectivity index (χ2n) is 1.50. The highest BCUT2D eigenvalue weighted by molar-refractivity contribution is 14.1. The van der Waals surface area contributed by atoms with E-state index < -0.39 is 0 Å². The summed E-state index contributed by atoms with van der Waals surface area (Å²) in [6, 6.07) is 1.57. The molecule has 0 saturated heterocycles. The zero-order valence-electron chi connectivity index (χ0n) is 4.34. The number of rotatable bonds is 0. The highest BCUT2D eigenvalue weighted by Gasteiger charge is 1.97. The average Bonchev–Trinajstić information content (AvgIpc) is 1.80. The van der Waals surface area contributed by atoms with Gasteiger partial charge in [-0.2, -0.15) is 4.73 Å². The van der Waals surface area contributed by atoms with Crippen molar-refractivity contribution in [2.24, 2.45) is 0 Å². The molecule has 1 aromatic heterocycles. The molecule has 0 unspecified atom stereocenters. The standard InChI is InChI=1S/C5H3ClINO/c6-4-1-2-8(9)3-5(4)7/h1-3H. The van der Waals surface area contributed by atoms with Gasteiger partial charge in [-0.1, -0.05) is 11.6 Å². The van der Waals surface area contributed by atoms with Gasteiger partial charge in [0, 0.05) is 6.07 Å². The molecule has 2 nitrogen and oxygen atoms in total. The van der Waals surface area contributed by atoms with Gasteiger partial charge in [0.1, 0.15) is 0 Å². The molecule has 4 heteroatoms. The van der Waals surface area contributed by atoms with Gasteiger partial charge in [0.15, 0.2) is 12.4 Å². The second kappa shape index (κ2) is 2.70. The number of aromatic nitrogens is 1. The third-order valence-electron chi connectivity index (χ3n) is 0.837. The molecule has 0 aromatic carbocycles. The maximum Gasteiger partial charge on any atom is 0.195 e. The topological polar surface area (TPSA) is 26.9 Å². The molecule has 0 N–H and O–H groups in total. The normalized spacial score (nSPS) is 9.56. The first-order valence-electron chi connectivity index (χ1n) is 2.24. The van der Waals surface area contributed by atoms with Crippen LogP contribution in [0.2, 0.25) is 5.02 Å². The Labute approximate surface area is 71.2 Å². The lowest BCUT2D eigenvalue weighted by atomic mass is 10.5. The fraction of sp³-hybridized carbons (Fsp3) is 0. The van der Waals surface area contributed by atoms with E-state index in [-0.39, 0.29) is 0 Å². The molecule has 0 saturated carbocycles. The Balaban J connectivity index is 3.17. The Morgan fingerprint density at radius 3 is 2.78 bits per heavy atom. The quantitative estimate of drug-likeness (QED) is 0.393. The van der Waals surface area contributed by atoms with E-state index in [2.05, 4.69) is 0 Å². The minimum atomic E-state index is 0.614. The maximum absolute atomic E-state index is 10.5. The molecule has 0 atom stereocenters. The Morgan fingerprint density at radius 2 is 2.33 bits per heavy atom. The van der Waals surface area contributed by atoms with Crippen LogP contribution in [0.25, 0.3) is 0 Å². The minimum Gasteiger partial charge on any atom is -0.619 e. The van der Waals surface area contributed by atoms with Gasteiger partial charge in [-0.15, -0.1) is 0 Å². The van der Waals surface area contributed by atoms with Crippen LogP contribution in [0, 0.1) is 8.78 Å². The van der Waals surface area contributed by atoms with Crippen molar-refractivity contribution in [2.45, 2.75) is 0 Å². The van der Waals surface area contributed by atoms with E-state index in [1.165, 1.54) is 12.4 Å². The molecular formula is C5H3ClINO. The van der Waals surface area contributed by atoms with Crippen LogP contribution < -0.4 is 4.73 Å². The molecule has 0 bridgehead atoms. The van der Waals surface area contributed by atoms with Gasteiger partial charge in [0.05, 0.1) is 8.59 Å². The van der Waals surface area contributed by atoms with Crippen LogP contribution in [0.4, 0.5) is 0 Å². The van der Waals surface area contributed by atoms with Crippen molar-refractivity contribution < 1.29 is 4.73 Å². The maximum atomic E-state index is 10.5. The van der Waals surface area contributed by atoms with Crippen molar-refractivity contribution in [3.05, 3.63) is 32.3 Å². The zero-order valence-corrected chi connectivity index (χ0v) is 7.26. The van der Waals surface area contributed by atoms with Gasteiger partial charge in [-0.25, -0.2) is 0 Å². The Hall–Kier alpha value is -0.0300. The first-order valence-corrected chi connectivity index (χ1v) is 3.69. The summed E-state index contributed by atoms with van der Waals surface area (Å²) in [6.45, 7) is 0. The van der Waals surface area contributed by atoms with Crippen molar-refractivity contribution in [1.82, 2.24) is 0 Å². The van der Waals surface area contributed by atoms with Gasteiger partial charge < -0.3 is 5.21 Å². The smallest absolute Gasteiger partial charge is 0.195 e. The Bertz CT molecular complexity index is 228. The van der Waals surface area contributed by atoms with Gasteiger partial charge in [-0.05, 0) is 22.6 Å². The van der Waals surface area contributed by atoms with E-state index >= 15 is 0 Å². The largest absolute Gasteiger partial charge is 0.619 e. The zero-order chi connectivity index (χ0) is 6.85.